The number of benzene rings is 1. The van der Waals surface area contributed by atoms with Crippen LogP contribution in [0, 0.1) is 11.7 Å². The number of carbonyl (C=O) groups is 1. The number of phenols is 1. The Bertz CT molecular complexity index is 1890. The van der Waals surface area contributed by atoms with Gasteiger partial charge in [-0.2, -0.15) is 5.10 Å². The van der Waals surface area contributed by atoms with Crippen LogP contribution in [0.2, 0.25) is 0 Å². The van der Waals surface area contributed by atoms with Crippen molar-refractivity contribution in [2.24, 2.45) is 5.92 Å². The first kappa shape index (κ1) is 23.9. The van der Waals surface area contributed by atoms with E-state index in [4.69, 9.17) is 4.98 Å². The molecular formula is C29H23FN8O2. The first-order valence-corrected chi connectivity index (χ1v) is 13.0. The van der Waals surface area contributed by atoms with Crippen molar-refractivity contribution in [3.05, 3.63) is 67.0 Å². The second-order valence-corrected chi connectivity index (χ2v) is 9.96. The molecule has 5 aromatic heterocycles. The van der Waals surface area contributed by atoms with Crippen LogP contribution in [0.3, 0.4) is 0 Å². The van der Waals surface area contributed by atoms with Crippen molar-refractivity contribution in [2.45, 2.75) is 25.7 Å². The van der Waals surface area contributed by atoms with E-state index >= 15 is 0 Å². The van der Waals surface area contributed by atoms with Gasteiger partial charge in [-0.3, -0.25) is 14.9 Å². The van der Waals surface area contributed by atoms with E-state index in [2.05, 4.69) is 35.5 Å². The topological polar surface area (TPSA) is 145 Å². The van der Waals surface area contributed by atoms with E-state index in [1.165, 1.54) is 12.1 Å². The predicted molar refractivity (Wildman–Crippen MR) is 148 cm³/mol. The van der Waals surface area contributed by atoms with E-state index in [1.807, 2.05) is 12.1 Å². The number of aromatic nitrogens is 7. The van der Waals surface area contributed by atoms with Gasteiger partial charge in [0.15, 0.2) is 17.1 Å². The summed E-state index contributed by atoms with van der Waals surface area (Å²) in [6.45, 7) is 0. The van der Waals surface area contributed by atoms with E-state index in [0.29, 0.717) is 45.1 Å². The zero-order valence-electron chi connectivity index (χ0n) is 21.1. The number of phenolic OH excluding ortho intramolecular Hbond substituents is 1. The minimum atomic E-state index is -0.552. The Morgan fingerprint density at radius 3 is 2.67 bits per heavy atom. The molecule has 198 valence electrons. The molecule has 1 aromatic carbocycles. The Morgan fingerprint density at radius 1 is 0.975 bits per heavy atom. The van der Waals surface area contributed by atoms with Crippen molar-refractivity contribution in [2.75, 3.05) is 5.32 Å². The van der Waals surface area contributed by atoms with Gasteiger partial charge in [-0.15, -0.1) is 0 Å². The molecule has 0 saturated heterocycles. The summed E-state index contributed by atoms with van der Waals surface area (Å²) in [5, 5.41) is 21.0. The van der Waals surface area contributed by atoms with Gasteiger partial charge in [0.1, 0.15) is 22.8 Å². The Hall–Kier alpha value is -5.19. The van der Waals surface area contributed by atoms with Crippen molar-refractivity contribution in [3.63, 3.8) is 0 Å². The third-order valence-electron chi connectivity index (χ3n) is 7.28. The van der Waals surface area contributed by atoms with Gasteiger partial charge in [-0.05, 0) is 48.7 Å². The maximum Gasteiger partial charge on any atom is 0.227 e. The van der Waals surface area contributed by atoms with Crippen LogP contribution in [0.1, 0.15) is 25.7 Å². The molecule has 1 aliphatic rings. The number of fused-ring (bicyclic) bond motifs is 2. The number of aromatic hydroxyl groups is 1. The molecule has 0 aliphatic heterocycles. The average molecular weight is 535 g/mol. The van der Waals surface area contributed by atoms with Crippen LogP contribution >= 0.6 is 0 Å². The lowest BCUT2D eigenvalue weighted by molar-refractivity contribution is -0.119. The zero-order valence-corrected chi connectivity index (χ0v) is 21.1. The number of pyridine rings is 3. The fraction of sp³-hybridized carbons (Fsp3) is 0.172. The van der Waals surface area contributed by atoms with Gasteiger partial charge in [0.2, 0.25) is 5.91 Å². The number of H-pyrrole nitrogens is 2. The number of aromatic amines is 2. The van der Waals surface area contributed by atoms with Gasteiger partial charge in [0.25, 0.3) is 0 Å². The van der Waals surface area contributed by atoms with Crippen molar-refractivity contribution in [1.82, 2.24) is 35.1 Å². The second-order valence-electron chi connectivity index (χ2n) is 9.96. The lowest BCUT2D eigenvalue weighted by Gasteiger charge is -2.11. The normalized spacial score (nSPS) is 13.8. The summed E-state index contributed by atoms with van der Waals surface area (Å²) in [7, 11) is 0. The third-order valence-corrected chi connectivity index (χ3v) is 7.28. The molecule has 0 radical (unpaired) electrons. The van der Waals surface area contributed by atoms with Gasteiger partial charge < -0.3 is 15.4 Å². The van der Waals surface area contributed by atoms with E-state index in [-0.39, 0.29) is 17.6 Å². The maximum atomic E-state index is 14.0. The first-order valence-electron chi connectivity index (χ1n) is 13.0. The van der Waals surface area contributed by atoms with Crippen molar-refractivity contribution >= 4 is 33.8 Å². The number of hydrogen-bond donors (Lipinski definition) is 4. The van der Waals surface area contributed by atoms with E-state index in [0.717, 1.165) is 48.3 Å². The molecule has 7 rings (SSSR count). The molecule has 0 bridgehead atoms. The molecule has 0 unspecified atom stereocenters. The minimum Gasteiger partial charge on any atom is -0.508 e. The molecular weight excluding hydrogens is 511 g/mol. The molecule has 40 heavy (non-hydrogen) atoms. The standard InChI is InChI=1S/C29H23FN8O2/c30-19-7-16(9-21(39)11-19)22-5-6-32-27-24(22)35-28(36-27)25-23-10-18(13-33-26(23)38-37-25)17-8-20(14-31-12-17)34-29(40)15-3-1-2-4-15/h5-15,39H,1-4H2,(H,34,40)(H,32,35,36)(H,33,37,38). The van der Waals surface area contributed by atoms with Crippen molar-refractivity contribution in [1.29, 1.82) is 0 Å². The number of anilines is 1. The number of carbonyl (C=O) groups excluding carboxylic acids is 1. The van der Waals surface area contributed by atoms with Gasteiger partial charge in [0, 0.05) is 47.3 Å². The van der Waals surface area contributed by atoms with Crippen LogP contribution in [-0.4, -0.2) is 46.1 Å². The van der Waals surface area contributed by atoms with Crippen molar-refractivity contribution in [3.8, 4) is 39.5 Å². The van der Waals surface area contributed by atoms with Crippen LogP contribution in [0.4, 0.5) is 10.1 Å². The fourth-order valence-corrected chi connectivity index (χ4v) is 5.33. The number of rotatable bonds is 5. The number of amides is 1. The molecule has 11 heteroatoms. The third kappa shape index (κ3) is 4.31. The highest BCUT2D eigenvalue weighted by atomic mass is 19.1. The number of imidazole rings is 1. The minimum absolute atomic E-state index is 0.0356. The lowest BCUT2D eigenvalue weighted by atomic mass is 10.1. The zero-order chi connectivity index (χ0) is 27.2. The van der Waals surface area contributed by atoms with Crippen LogP contribution in [0.25, 0.3) is 56.0 Å². The molecule has 4 N–H and O–H groups in total. The summed E-state index contributed by atoms with van der Waals surface area (Å²) < 4.78 is 14.0. The second kappa shape index (κ2) is 9.53. The first-order chi connectivity index (χ1) is 19.5. The molecule has 1 amide bonds. The molecule has 1 saturated carbocycles. The largest absolute Gasteiger partial charge is 0.508 e. The molecule has 1 fully saturated rings. The highest BCUT2D eigenvalue weighted by Crippen LogP contribution is 2.33. The maximum absolute atomic E-state index is 14.0. The van der Waals surface area contributed by atoms with E-state index in [1.54, 1.807) is 30.9 Å². The summed E-state index contributed by atoms with van der Waals surface area (Å²) >= 11 is 0. The molecule has 0 atom stereocenters. The van der Waals surface area contributed by atoms with E-state index in [9.17, 15) is 14.3 Å². The van der Waals surface area contributed by atoms with Crippen molar-refractivity contribution < 1.29 is 14.3 Å². The molecule has 10 nitrogen and oxygen atoms in total. The Kier molecular flexibility index (Phi) is 5.69. The number of nitrogens with one attached hydrogen (secondary N) is 3. The molecule has 1 aliphatic carbocycles. The summed E-state index contributed by atoms with van der Waals surface area (Å²) in [4.78, 5) is 33.8. The molecule has 5 heterocycles. The van der Waals surface area contributed by atoms with Crippen LogP contribution < -0.4 is 5.32 Å². The smallest absolute Gasteiger partial charge is 0.227 e. The fourth-order valence-electron chi connectivity index (χ4n) is 5.33. The Labute approximate surface area is 226 Å². The highest BCUT2D eigenvalue weighted by Gasteiger charge is 2.23. The SMILES string of the molecule is O=C(Nc1cncc(-c2cnc3[nH]nc(-c4nc5c(-c6cc(O)cc(F)c6)ccnc5[nH]4)c3c2)c1)C1CCCC1. The number of nitrogens with zero attached hydrogens (tertiary/aromatic N) is 5. The average Bonchev–Trinajstić information content (AvgIpc) is 3.71. The van der Waals surface area contributed by atoms with Crippen LogP contribution in [0.5, 0.6) is 5.75 Å². The molecule has 6 aromatic rings. The number of halogens is 1. The lowest BCUT2D eigenvalue weighted by Crippen LogP contribution is -2.20. The predicted octanol–water partition coefficient (Wildman–Crippen LogP) is 5.60. The van der Waals surface area contributed by atoms with E-state index < -0.39 is 5.82 Å². The summed E-state index contributed by atoms with van der Waals surface area (Å²) in [5.41, 5.74) is 5.44. The monoisotopic (exact) mass is 534 g/mol. The Balaban J connectivity index is 1.25. The van der Waals surface area contributed by atoms with Gasteiger partial charge >= 0.3 is 0 Å². The van der Waals surface area contributed by atoms with Gasteiger partial charge in [0.05, 0.1) is 17.3 Å². The number of hydrogen-bond acceptors (Lipinski definition) is 7. The van der Waals surface area contributed by atoms with Gasteiger partial charge in [-0.25, -0.2) is 19.3 Å². The summed E-state index contributed by atoms with van der Waals surface area (Å²) in [6, 6.07) is 9.40. The quantitative estimate of drug-likeness (QED) is 0.225. The van der Waals surface area contributed by atoms with Gasteiger partial charge in [-0.1, -0.05) is 12.8 Å². The summed E-state index contributed by atoms with van der Waals surface area (Å²) in [5.74, 6) is -0.181. The molecule has 0 spiro atoms. The summed E-state index contributed by atoms with van der Waals surface area (Å²) in [6.07, 6.45) is 10.7. The van der Waals surface area contributed by atoms with Crippen LogP contribution in [-0.2, 0) is 4.79 Å². The Morgan fingerprint density at radius 2 is 1.82 bits per heavy atom. The highest BCUT2D eigenvalue weighted by molar-refractivity contribution is 5.97. The van der Waals surface area contributed by atoms with Crippen LogP contribution in [0.15, 0.2) is 61.2 Å².